The summed E-state index contributed by atoms with van der Waals surface area (Å²) >= 11 is 0. The number of aromatic hydroxyl groups is 1. The number of fused-ring (bicyclic) bond motifs is 2. The number of carbonyl (C=O) groups is 2. The van der Waals surface area contributed by atoms with Crippen LogP contribution >= 0.6 is 0 Å². The molecule has 1 aliphatic rings. The molecule has 2 heterocycles. The smallest absolute Gasteiger partial charge is 0.310 e. The molecule has 148 valence electrons. The van der Waals surface area contributed by atoms with E-state index in [1.165, 1.54) is 24.1 Å². The molecule has 1 amide bonds. The van der Waals surface area contributed by atoms with Gasteiger partial charge in [-0.1, -0.05) is 12.1 Å². The van der Waals surface area contributed by atoms with Crippen LogP contribution in [-0.4, -0.2) is 41.0 Å². The van der Waals surface area contributed by atoms with E-state index in [0.717, 1.165) is 11.1 Å². The Balaban J connectivity index is 1.88. The minimum absolute atomic E-state index is 0.0294. The van der Waals surface area contributed by atoms with Gasteiger partial charge in [0.1, 0.15) is 11.3 Å². The minimum Gasteiger partial charge on any atom is -0.505 e. The van der Waals surface area contributed by atoms with Gasteiger partial charge >= 0.3 is 5.97 Å². The number of aromatic nitrogens is 1. The molecule has 4 rings (SSSR count). The van der Waals surface area contributed by atoms with Gasteiger partial charge in [0.2, 0.25) is 0 Å². The van der Waals surface area contributed by atoms with Crippen LogP contribution in [0.3, 0.4) is 0 Å². The molecule has 1 aliphatic heterocycles. The Kier molecular flexibility index (Phi) is 4.66. The molecule has 0 radical (unpaired) electrons. The first-order chi connectivity index (χ1) is 13.9. The van der Waals surface area contributed by atoms with Gasteiger partial charge in [0.25, 0.3) is 5.91 Å². The van der Waals surface area contributed by atoms with Gasteiger partial charge in [0.05, 0.1) is 19.1 Å². The minimum atomic E-state index is -0.440. The number of amides is 1. The third-order valence-electron chi connectivity index (χ3n) is 5.22. The molecule has 0 unspecified atom stereocenters. The summed E-state index contributed by atoms with van der Waals surface area (Å²) < 4.78 is 18.0. The maximum Gasteiger partial charge on any atom is 0.310 e. The summed E-state index contributed by atoms with van der Waals surface area (Å²) in [5.74, 6) is -1.22. The Bertz CT molecular complexity index is 1140. The Hall–Kier alpha value is -3.48. The predicted molar refractivity (Wildman–Crippen MR) is 104 cm³/mol. The van der Waals surface area contributed by atoms with Gasteiger partial charge in [-0.3, -0.25) is 14.6 Å². The van der Waals surface area contributed by atoms with Crippen molar-refractivity contribution in [1.82, 2.24) is 9.88 Å². The average molecular weight is 394 g/mol. The number of rotatable bonds is 4. The third-order valence-corrected chi connectivity index (χ3v) is 5.22. The Morgan fingerprint density at radius 3 is 2.69 bits per heavy atom. The molecular weight excluding hydrogens is 375 g/mol. The van der Waals surface area contributed by atoms with E-state index in [1.54, 1.807) is 25.4 Å². The van der Waals surface area contributed by atoms with Crippen molar-refractivity contribution >= 4 is 22.8 Å². The van der Waals surface area contributed by atoms with Crippen LogP contribution in [0.5, 0.6) is 5.75 Å². The van der Waals surface area contributed by atoms with Gasteiger partial charge < -0.3 is 14.7 Å². The second-order valence-corrected chi connectivity index (χ2v) is 7.14. The van der Waals surface area contributed by atoms with Crippen LogP contribution in [0.15, 0.2) is 36.5 Å². The van der Waals surface area contributed by atoms with E-state index in [2.05, 4.69) is 4.98 Å². The number of phenols is 1. The first-order valence-corrected chi connectivity index (χ1v) is 9.11. The number of benzene rings is 2. The molecule has 0 atom stereocenters. The van der Waals surface area contributed by atoms with Crippen LogP contribution < -0.4 is 0 Å². The molecule has 0 bridgehead atoms. The molecule has 0 spiro atoms. The van der Waals surface area contributed by atoms with Crippen molar-refractivity contribution in [2.45, 2.75) is 19.4 Å². The summed E-state index contributed by atoms with van der Waals surface area (Å²) in [6, 6.07) is 8.04. The topological polar surface area (TPSA) is 79.7 Å². The Labute approximate surface area is 166 Å². The number of phenolic OH excluding ortho intramolecular Hbond substituents is 1. The van der Waals surface area contributed by atoms with Gasteiger partial charge in [-0.15, -0.1) is 0 Å². The average Bonchev–Trinajstić information content (AvgIpc) is 3.01. The summed E-state index contributed by atoms with van der Waals surface area (Å²) in [7, 11) is 2.95. The van der Waals surface area contributed by atoms with Gasteiger partial charge in [-0.2, -0.15) is 0 Å². The van der Waals surface area contributed by atoms with Crippen LogP contribution in [0.4, 0.5) is 4.39 Å². The zero-order valence-corrected chi connectivity index (χ0v) is 16.0. The van der Waals surface area contributed by atoms with Crippen molar-refractivity contribution in [2.75, 3.05) is 14.2 Å². The van der Waals surface area contributed by atoms with E-state index in [9.17, 15) is 19.1 Å². The molecule has 7 heteroatoms. The van der Waals surface area contributed by atoms with Crippen molar-refractivity contribution in [3.63, 3.8) is 0 Å². The first kappa shape index (κ1) is 18.9. The van der Waals surface area contributed by atoms with Crippen molar-refractivity contribution < 1.29 is 23.8 Å². The first-order valence-electron chi connectivity index (χ1n) is 9.11. The quantitative estimate of drug-likeness (QED) is 0.689. The lowest BCUT2D eigenvalue weighted by molar-refractivity contribution is -0.139. The zero-order valence-electron chi connectivity index (χ0n) is 16.0. The fourth-order valence-electron chi connectivity index (χ4n) is 3.76. The van der Waals surface area contributed by atoms with Gasteiger partial charge in [0, 0.05) is 25.2 Å². The summed E-state index contributed by atoms with van der Waals surface area (Å²) in [6.07, 6.45) is 2.10. The second kappa shape index (κ2) is 7.16. The standard InChI is InChI=1S/C22H19FN2O4/c1-25-11-17-15(9-18(26)29-2)16-8-13(7-12-3-5-14(23)6-4-12)10-24-20(16)21(27)19(17)22(25)28/h3-6,8,10,27H,7,9,11H2,1-2H3. The lowest BCUT2D eigenvalue weighted by Gasteiger charge is -2.14. The Morgan fingerprint density at radius 1 is 1.28 bits per heavy atom. The van der Waals surface area contributed by atoms with E-state index in [1.807, 2.05) is 6.07 Å². The Morgan fingerprint density at radius 2 is 2.00 bits per heavy atom. The van der Waals surface area contributed by atoms with Gasteiger partial charge in [-0.25, -0.2) is 4.39 Å². The molecular formula is C22H19FN2O4. The lowest BCUT2D eigenvalue weighted by Crippen LogP contribution is -2.17. The molecule has 0 fully saturated rings. The number of nitrogens with zero attached hydrogens (tertiary/aromatic N) is 2. The maximum atomic E-state index is 13.2. The summed E-state index contributed by atoms with van der Waals surface area (Å²) in [5.41, 5.74) is 3.46. The fraction of sp³-hybridized carbons (Fsp3) is 0.227. The number of hydrogen-bond donors (Lipinski definition) is 1. The van der Waals surface area contributed by atoms with E-state index in [4.69, 9.17) is 4.74 Å². The number of ether oxygens (including phenoxy) is 1. The van der Waals surface area contributed by atoms with Crippen LogP contribution in [-0.2, 0) is 28.9 Å². The molecule has 2 aromatic carbocycles. The fourth-order valence-corrected chi connectivity index (χ4v) is 3.76. The summed E-state index contributed by atoms with van der Waals surface area (Å²) in [4.78, 5) is 30.4. The molecule has 0 saturated heterocycles. The molecule has 0 saturated carbocycles. The van der Waals surface area contributed by atoms with Crippen LogP contribution in [0.1, 0.15) is 32.6 Å². The van der Waals surface area contributed by atoms with E-state index >= 15 is 0 Å². The van der Waals surface area contributed by atoms with Gasteiger partial charge in [0.15, 0.2) is 5.75 Å². The van der Waals surface area contributed by atoms with Crippen LogP contribution in [0, 0.1) is 5.82 Å². The van der Waals surface area contributed by atoms with Crippen LogP contribution in [0.2, 0.25) is 0 Å². The highest BCUT2D eigenvalue weighted by molar-refractivity contribution is 6.08. The normalized spacial score (nSPS) is 13.1. The number of carbonyl (C=O) groups excluding carboxylic acids is 2. The van der Waals surface area contributed by atoms with Crippen molar-refractivity contribution in [2.24, 2.45) is 0 Å². The molecule has 0 aliphatic carbocycles. The third kappa shape index (κ3) is 3.29. The highest BCUT2D eigenvalue weighted by Gasteiger charge is 2.33. The number of halogens is 1. The highest BCUT2D eigenvalue weighted by Crippen LogP contribution is 2.39. The SMILES string of the molecule is COC(=O)Cc1c2c(c(O)c3ncc(Cc4ccc(F)cc4)cc13)C(=O)N(C)C2. The summed E-state index contributed by atoms with van der Waals surface area (Å²) in [6.45, 7) is 0.298. The van der Waals surface area contributed by atoms with Crippen molar-refractivity contribution in [1.29, 1.82) is 0 Å². The highest BCUT2D eigenvalue weighted by atomic mass is 19.1. The largest absolute Gasteiger partial charge is 0.505 e. The van der Waals surface area contributed by atoms with E-state index in [0.29, 0.717) is 29.5 Å². The molecule has 6 nitrogen and oxygen atoms in total. The maximum absolute atomic E-state index is 13.2. The van der Waals surface area contributed by atoms with Crippen molar-refractivity contribution in [3.8, 4) is 5.75 Å². The number of esters is 1. The lowest BCUT2D eigenvalue weighted by atomic mass is 9.93. The van der Waals surface area contributed by atoms with E-state index in [-0.39, 0.29) is 35.0 Å². The molecule has 1 aromatic heterocycles. The molecule has 3 aromatic rings. The number of methoxy groups -OCH3 is 1. The van der Waals surface area contributed by atoms with Crippen molar-refractivity contribution in [3.05, 3.63) is 70.2 Å². The molecule has 1 N–H and O–H groups in total. The van der Waals surface area contributed by atoms with E-state index < -0.39 is 5.97 Å². The predicted octanol–water partition coefficient (Wildman–Crippen LogP) is 2.97. The van der Waals surface area contributed by atoms with Gasteiger partial charge in [-0.05, 0) is 46.9 Å². The number of pyridine rings is 1. The second-order valence-electron chi connectivity index (χ2n) is 7.14. The van der Waals surface area contributed by atoms with Crippen LogP contribution in [0.25, 0.3) is 10.9 Å². The molecule has 29 heavy (non-hydrogen) atoms. The number of hydrogen-bond acceptors (Lipinski definition) is 5. The zero-order chi connectivity index (χ0) is 20.7. The summed E-state index contributed by atoms with van der Waals surface area (Å²) in [5, 5.41) is 11.3. The monoisotopic (exact) mass is 394 g/mol.